The number of fused-ring (bicyclic) bond motifs is 1. The van der Waals surface area contributed by atoms with Gasteiger partial charge in [-0.2, -0.15) is 0 Å². The van der Waals surface area contributed by atoms with Gasteiger partial charge in [0.25, 0.3) is 5.56 Å². The maximum absolute atomic E-state index is 11.8. The Morgan fingerprint density at radius 1 is 1.12 bits per heavy atom. The molecular formula is C9H8N4O3. The van der Waals surface area contributed by atoms with Crippen LogP contribution in [0.1, 0.15) is 10.6 Å². The number of carbonyl (C=O) groups is 1. The van der Waals surface area contributed by atoms with E-state index in [0.29, 0.717) is 11.2 Å². The van der Waals surface area contributed by atoms with Crippen molar-refractivity contribution in [2.75, 3.05) is 0 Å². The van der Waals surface area contributed by atoms with Crippen molar-refractivity contribution in [1.29, 1.82) is 0 Å². The van der Waals surface area contributed by atoms with E-state index in [1.807, 2.05) is 0 Å². The summed E-state index contributed by atoms with van der Waals surface area (Å²) in [5, 5.41) is 0. The first-order chi connectivity index (χ1) is 7.52. The molecule has 0 saturated carbocycles. The quantitative estimate of drug-likeness (QED) is 0.548. The maximum atomic E-state index is 11.8. The Bertz CT molecular complexity index is 762. The Labute approximate surface area is 88.5 Å². The van der Waals surface area contributed by atoms with Crippen LogP contribution in [0.15, 0.2) is 9.59 Å². The molecule has 0 radical (unpaired) electrons. The molecule has 2 bridgehead atoms. The summed E-state index contributed by atoms with van der Waals surface area (Å²) in [5.74, 6) is -0.0181. The van der Waals surface area contributed by atoms with E-state index in [4.69, 9.17) is 0 Å². The second-order valence-corrected chi connectivity index (χ2v) is 3.82. The summed E-state index contributed by atoms with van der Waals surface area (Å²) in [5.41, 5.74) is -0.337. The average molecular weight is 220 g/mol. The highest BCUT2D eigenvalue weighted by Crippen LogP contribution is 2.15. The number of rotatable bonds is 0. The van der Waals surface area contributed by atoms with Crippen LogP contribution in [0.5, 0.6) is 0 Å². The molecule has 0 unspecified atom stereocenters. The van der Waals surface area contributed by atoms with Crippen molar-refractivity contribution in [2.24, 2.45) is 14.1 Å². The number of aromatic nitrogens is 4. The highest BCUT2D eigenvalue weighted by molar-refractivity contribution is 5.98. The molecule has 0 N–H and O–H groups in total. The standard InChI is InChI=1S/C9H8N4O3/c1-11-5-7-10-6(11)4(14)3-13(7)9(16)12(2)8(5)15/h3H2,1-2H3. The zero-order chi connectivity index (χ0) is 11.6. The third kappa shape index (κ3) is 0.791. The fraction of sp³-hybridized carbons (Fsp3) is 0.333. The molecule has 7 nitrogen and oxygen atoms in total. The Morgan fingerprint density at radius 2 is 1.81 bits per heavy atom. The summed E-state index contributed by atoms with van der Waals surface area (Å²) >= 11 is 0. The Morgan fingerprint density at radius 3 is 2.50 bits per heavy atom. The van der Waals surface area contributed by atoms with Gasteiger partial charge in [-0.1, -0.05) is 0 Å². The lowest BCUT2D eigenvalue weighted by Gasteiger charge is -2.07. The minimum atomic E-state index is -0.504. The first-order valence-corrected chi connectivity index (χ1v) is 4.72. The molecule has 1 aliphatic heterocycles. The smallest absolute Gasteiger partial charge is 0.319 e. The number of carbonyl (C=O) groups excluding carboxylic acids is 1. The third-order valence-electron chi connectivity index (χ3n) is 2.91. The molecule has 7 heteroatoms. The fourth-order valence-corrected chi connectivity index (χ4v) is 2.04. The number of ketones is 1. The highest BCUT2D eigenvalue weighted by Gasteiger charge is 2.27. The number of hydrogen-bond donors (Lipinski definition) is 0. The van der Waals surface area contributed by atoms with Crippen molar-refractivity contribution >= 4 is 16.9 Å². The summed E-state index contributed by atoms with van der Waals surface area (Å²) in [6, 6.07) is 0. The van der Waals surface area contributed by atoms with Crippen LogP contribution >= 0.6 is 0 Å². The Hall–Kier alpha value is -2.18. The predicted octanol–water partition coefficient (Wildman–Crippen LogP) is -1.37. The maximum Gasteiger partial charge on any atom is 0.332 e. The topological polar surface area (TPSA) is 78.9 Å². The van der Waals surface area contributed by atoms with Gasteiger partial charge in [-0.05, 0) is 0 Å². The van der Waals surface area contributed by atoms with Gasteiger partial charge < -0.3 is 4.57 Å². The predicted molar refractivity (Wildman–Crippen MR) is 54.5 cm³/mol. The van der Waals surface area contributed by atoms with Gasteiger partial charge in [0.1, 0.15) is 0 Å². The lowest BCUT2D eigenvalue weighted by molar-refractivity contribution is 0.0955. The van der Waals surface area contributed by atoms with Gasteiger partial charge in [-0.25, -0.2) is 9.78 Å². The first-order valence-electron chi connectivity index (χ1n) is 4.72. The molecule has 0 spiro atoms. The van der Waals surface area contributed by atoms with Crippen molar-refractivity contribution < 1.29 is 4.79 Å². The molecule has 16 heavy (non-hydrogen) atoms. The molecule has 0 amide bonds. The molecule has 0 fully saturated rings. The fourth-order valence-electron chi connectivity index (χ4n) is 2.04. The minimum absolute atomic E-state index is 0.0432. The van der Waals surface area contributed by atoms with Gasteiger partial charge in [-0.3, -0.25) is 18.7 Å². The van der Waals surface area contributed by atoms with Crippen LogP contribution in [0.3, 0.4) is 0 Å². The molecular weight excluding hydrogens is 212 g/mol. The molecule has 0 saturated heterocycles. The molecule has 0 atom stereocenters. The second-order valence-electron chi connectivity index (χ2n) is 3.82. The van der Waals surface area contributed by atoms with Crippen LogP contribution in [-0.4, -0.2) is 24.5 Å². The van der Waals surface area contributed by atoms with Crippen molar-refractivity contribution in [2.45, 2.75) is 6.54 Å². The summed E-state index contributed by atoms with van der Waals surface area (Å²) < 4.78 is 3.67. The van der Waals surface area contributed by atoms with Gasteiger partial charge in [0.15, 0.2) is 17.0 Å². The van der Waals surface area contributed by atoms with Crippen LogP contribution in [0.4, 0.5) is 0 Å². The van der Waals surface area contributed by atoms with E-state index >= 15 is 0 Å². The van der Waals surface area contributed by atoms with Gasteiger partial charge >= 0.3 is 5.69 Å². The van der Waals surface area contributed by atoms with Crippen molar-refractivity contribution in [3.63, 3.8) is 0 Å². The number of hydrogen-bond acceptors (Lipinski definition) is 4. The Balaban J connectivity index is 2.76. The average Bonchev–Trinajstić information content (AvgIpc) is 2.55. The van der Waals surface area contributed by atoms with Gasteiger partial charge in [0, 0.05) is 14.1 Å². The molecule has 0 aromatic carbocycles. The SMILES string of the molecule is Cn1c(=O)c2c3nc(n2C)C(=O)Cn3c1=O. The van der Waals surface area contributed by atoms with Crippen molar-refractivity contribution in [3.05, 3.63) is 26.7 Å². The first kappa shape index (κ1) is 9.08. The molecule has 3 rings (SSSR count). The zero-order valence-electron chi connectivity index (χ0n) is 8.72. The van der Waals surface area contributed by atoms with E-state index in [1.54, 1.807) is 7.05 Å². The number of aryl methyl sites for hydroxylation is 1. The van der Waals surface area contributed by atoms with Crippen LogP contribution in [0, 0.1) is 0 Å². The van der Waals surface area contributed by atoms with Crippen molar-refractivity contribution in [3.8, 4) is 0 Å². The van der Waals surface area contributed by atoms with E-state index in [-0.39, 0.29) is 18.2 Å². The number of imidazole rings is 1. The summed E-state index contributed by atoms with van der Waals surface area (Å²) in [6.45, 7) is -0.0432. The minimum Gasteiger partial charge on any atom is -0.319 e. The number of nitrogens with zero attached hydrogens (tertiary/aromatic N) is 4. The van der Waals surface area contributed by atoms with Crippen LogP contribution in [0.2, 0.25) is 0 Å². The summed E-state index contributed by atoms with van der Waals surface area (Å²) in [6.07, 6.45) is 0. The van der Waals surface area contributed by atoms with E-state index in [1.165, 1.54) is 16.2 Å². The largest absolute Gasteiger partial charge is 0.332 e. The molecule has 2 aromatic rings. The van der Waals surface area contributed by atoms with Gasteiger partial charge in [-0.15, -0.1) is 0 Å². The van der Waals surface area contributed by atoms with Gasteiger partial charge in [0.05, 0.1) is 6.54 Å². The van der Waals surface area contributed by atoms with Crippen LogP contribution in [0.25, 0.3) is 11.2 Å². The second kappa shape index (κ2) is 2.49. The third-order valence-corrected chi connectivity index (χ3v) is 2.91. The molecule has 82 valence electrons. The molecule has 2 aromatic heterocycles. The zero-order valence-corrected chi connectivity index (χ0v) is 8.72. The van der Waals surface area contributed by atoms with E-state index in [2.05, 4.69) is 4.98 Å². The lowest BCUT2D eigenvalue weighted by atomic mass is 10.3. The van der Waals surface area contributed by atoms with Crippen molar-refractivity contribution in [1.82, 2.24) is 18.7 Å². The summed E-state index contributed by atoms with van der Waals surface area (Å²) in [4.78, 5) is 39.2. The molecule has 3 heterocycles. The van der Waals surface area contributed by atoms with Gasteiger partial charge in [0.2, 0.25) is 5.78 Å². The monoisotopic (exact) mass is 220 g/mol. The normalized spacial score (nSPS) is 14.0. The summed E-state index contributed by atoms with van der Waals surface area (Å²) in [7, 11) is 2.99. The van der Waals surface area contributed by atoms with E-state index in [0.717, 1.165) is 4.57 Å². The van der Waals surface area contributed by atoms with E-state index < -0.39 is 11.2 Å². The van der Waals surface area contributed by atoms with Crippen LogP contribution < -0.4 is 11.2 Å². The molecule has 1 aliphatic rings. The lowest BCUT2D eigenvalue weighted by Crippen LogP contribution is -2.39. The Kier molecular flexibility index (Phi) is 1.41. The van der Waals surface area contributed by atoms with E-state index in [9.17, 15) is 14.4 Å². The highest BCUT2D eigenvalue weighted by atomic mass is 16.2. The molecule has 0 aliphatic carbocycles. The van der Waals surface area contributed by atoms with Crippen LogP contribution in [-0.2, 0) is 20.6 Å². The number of Topliss-reactive ketones (excluding diaryl/α,β-unsaturated/α-hetero) is 1.